The van der Waals surface area contributed by atoms with Crippen LogP contribution in [0.25, 0.3) is 17.5 Å². The smallest absolute Gasteiger partial charge is 0.322 e. The van der Waals surface area contributed by atoms with Crippen LogP contribution in [0.2, 0.25) is 0 Å². The summed E-state index contributed by atoms with van der Waals surface area (Å²) >= 11 is 1.60. The lowest BCUT2D eigenvalue weighted by atomic mass is 10.2. The fourth-order valence-corrected chi connectivity index (χ4v) is 2.63. The van der Waals surface area contributed by atoms with Gasteiger partial charge in [0.1, 0.15) is 0 Å². The number of carbonyl (C=O) groups is 1. The molecule has 1 amide bonds. The minimum atomic E-state index is -0.484. The molecule has 136 valence electrons. The standard InChI is InChI=1S/C18H14N4O4S/c1-27-15-4-2-3-13(11-15)17-20-21-18(26-17)19-16(23)10-7-12-5-8-14(9-6-12)22(24)25/h2-11H,1H3,(H,19,21,23)/b10-7-. The molecular weight excluding hydrogens is 368 g/mol. The van der Waals surface area contributed by atoms with Crippen LogP contribution in [0.5, 0.6) is 0 Å². The van der Waals surface area contributed by atoms with E-state index in [0.717, 1.165) is 10.5 Å². The van der Waals surface area contributed by atoms with Gasteiger partial charge in [-0.1, -0.05) is 11.2 Å². The van der Waals surface area contributed by atoms with E-state index in [1.54, 1.807) is 23.9 Å². The van der Waals surface area contributed by atoms with Crippen molar-refractivity contribution in [3.05, 3.63) is 70.3 Å². The lowest BCUT2D eigenvalue weighted by Crippen LogP contribution is -2.07. The minimum Gasteiger partial charge on any atom is -0.403 e. The number of hydrogen-bond acceptors (Lipinski definition) is 7. The lowest BCUT2D eigenvalue weighted by Gasteiger charge is -1.98. The second-order valence-corrected chi connectivity index (χ2v) is 6.20. The van der Waals surface area contributed by atoms with E-state index in [0.29, 0.717) is 11.5 Å². The number of anilines is 1. The predicted octanol–water partition coefficient (Wildman–Crippen LogP) is 4.02. The van der Waals surface area contributed by atoms with Crippen LogP contribution in [0.15, 0.2) is 63.9 Å². The van der Waals surface area contributed by atoms with E-state index in [-0.39, 0.29) is 11.7 Å². The summed E-state index contributed by atoms with van der Waals surface area (Å²) in [6.07, 6.45) is 4.77. The number of nitro benzene ring substituents is 1. The second-order valence-electron chi connectivity index (χ2n) is 5.32. The zero-order valence-electron chi connectivity index (χ0n) is 14.2. The average molecular weight is 382 g/mol. The highest BCUT2D eigenvalue weighted by atomic mass is 32.2. The predicted molar refractivity (Wildman–Crippen MR) is 102 cm³/mol. The molecule has 0 aliphatic rings. The summed E-state index contributed by atoms with van der Waals surface area (Å²) in [7, 11) is 0. The molecule has 3 aromatic rings. The van der Waals surface area contributed by atoms with Gasteiger partial charge in [0.2, 0.25) is 5.89 Å². The molecule has 0 aliphatic carbocycles. The van der Waals surface area contributed by atoms with Crippen LogP contribution in [0.4, 0.5) is 11.7 Å². The number of rotatable bonds is 6. The molecule has 0 bridgehead atoms. The van der Waals surface area contributed by atoms with Gasteiger partial charge in [0, 0.05) is 28.7 Å². The van der Waals surface area contributed by atoms with Crippen molar-refractivity contribution in [1.29, 1.82) is 0 Å². The highest BCUT2D eigenvalue weighted by molar-refractivity contribution is 7.98. The third kappa shape index (κ3) is 4.79. The molecule has 27 heavy (non-hydrogen) atoms. The van der Waals surface area contributed by atoms with Crippen LogP contribution in [-0.2, 0) is 4.79 Å². The topological polar surface area (TPSA) is 111 Å². The maximum absolute atomic E-state index is 12.0. The normalized spacial score (nSPS) is 10.9. The first-order valence-corrected chi connectivity index (χ1v) is 8.99. The Labute approximate surface area is 158 Å². The molecule has 1 N–H and O–H groups in total. The summed E-state index contributed by atoms with van der Waals surface area (Å²) in [5.74, 6) is -0.151. The third-order valence-corrected chi connectivity index (χ3v) is 4.23. The first-order valence-electron chi connectivity index (χ1n) is 7.76. The Morgan fingerprint density at radius 1 is 1.22 bits per heavy atom. The summed E-state index contributed by atoms with van der Waals surface area (Å²) < 4.78 is 5.46. The van der Waals surface area contributed by atoms with Gasteiger partial charge in [0.15, 0.2) is 0 Å². The Bertz CT molecular complexity index is 999. The van der Waals surface area contributed by atoms with Crippen LogP contribution in [0.3, 0.4) is 0 Å². The monoisotopic (exact) mass is 382 g/mol. The van der Waals surface area contributed by atoms with Crippen LogP contribution < -0.4 is 5.32 Å². The number of amides is 1. The Balaban J connectivity index is 1.64. The highest BCUT2D eigenvalue weighted by Crippen LogP contribution is 2.24. The van der Waals surface area contributed by atoms with E-state index in [1.807, 2.05) is 30.5 Å². The molecular formula is C18H14N4O4S. The van der Waals surface area contributed by atoms with Crippen molar-refractivity contribution >= 4 is 35.4 Å². The Morgan fingerprint density at radius 2 is 2.00 bits per heavy atom. The summed E-state index contributed by atoms with van der Waals surface area (Å²) in [6, 6.07) is 13.4. The quantitative estimate of drug-likeness (QED) is 0.297. The number of nitrogens with one attached hydrogen (secondary N) is 1. The van der Waals surface area contributed by atoms with Crippen LogP contribution in [0.1, 0.15) is 5.56 Å². The van der Waals surface area contributed by atoms with Gasteiger partial charge in [0.25, 0.3) is 11.6 Å². The summed E-state index contributed by atoms with van der Waals surface area (Å²) in [4.78, 5) is 23.2. The molecule has 1 aromatic heterocycles. The van der Waals surface area contributed by atoms with Crippen LogP contribution in [0, 0.1) is 10.1 Å². The zero-order valence-corrected chi connectivity index (χ0v) is 15.0. The maximum atomic E-state index is 12.0. The van der Waals surface area contributed by atoms with Crippen molar-refractivity contribution < 1.29 is 14.1 Å². The molecule has 0 saturated heterocycles. The minimum absolute atomic E-state index is 0.0134. The number of carbonyl (C=O) groups excluding carboxylic acids is 1. The Hall–Kier alpha value is -3.46. The van der Waals surface area contributed by atoms with Gasteiger partial charge in [-0.25, -0.2) is 0 Å². The van der Waals surface area contributed by atoms with Crippen LogP contribution >= 0.6 is 11.8 Å². The molecule has 8 nitrogen and oxygen atoms in total. The van der Waals surface area contributed by atoms with E-state index >= 15 is 0 Å². The number of non-ortho nitro benzene ring substituents is 1. The van der Waals surface area contributed by atoms with Crippen molar-refractivity contribution in [3.8, 4) is 11.5 Å². The van der Waals surface area contributed by atoms with Gasteiger partial charge in [0.05, 0.1) is 4.92 Å². The van der Waals surface area contributed by atoms with E-state index in [4.69, 9.17) is 4.42 Å². The Morgan fingerprint density at radius 3 is 2.70 bits per heavy atom. The number of benzene rings is 2. The first kappa shape index (κ1) is 18.3. The second kappa shape index (κ2) is 8.28. The SMILES string of the molecule is CSc1cccc(-c2nnc(NC(=O)/C=C\c3ccc([N+](=O)[O-])cc3)o2)c1. The number of nitro groups is 1. The number of thioether (sulfide) groups is 1. The van der Waals surface area contributed by atoms with E-state index in [2.05, 4.69) is 15.5 Å². The Kier molecular flexibility index (Phi) is 5.62. The van der Waals surface area contributed by atoms with E-state index < -0.39 is 10.8 Å². The van der Waals surface area contributed by atoms with Crippen molar-refractivity contribution in [2.24, 2.45) is 0 Å². The van der Waals surface area contributed by atoms with Gasteiger partial charge < -0.3 is 4.42 Å². The highest BCUT2D eigenvalue weighted by Gasteiger charge is 2.10. The molecule has 0 fully saturated rings. The number of hydrogen-bond donors (Lipinski definition) is 1. The number of aromatic nitrogens is 2. The summed E-state index contributed by atoms with van der Waals surface area (Å²) in [5, 5.41) is 20.8. The molecule has 2 aromatic carbocycles. The van der Waals surface area contributed by atoms with Crippen molar-refractivity contribution in [2.45, 2.75) is 4.90 Å². The van der Waals surface area contributed by atoms with Crippen molar-refractivity contribution in [3.63, 3.8) is 0 Å². The molecule has 0 spiro atoms. The largest absolute Gasteiger partial charge is 0.403 e. The fraction of sp³-hybridized carbons (Fsp3) is 0.0556. The molecule has 3 rings (SSSR count). The maximum Gasteiger partial charge on any atom is 0.322 e. The summed E-state index contributed by atoms with van der Waals surface area (Å²) in [6.45, 7) is 0. The molecule has 0 radical (unpaired) electrons. The molecule has 0 saturated carbocycles. The van der Waals surface area contributed by atoms with Crippen LogP contribution in [-0.4, -0.2) is 27.3 Å². The summed E-state index contributed by atoms with van der Waals surface area (Å²) in [5.41, 5.74) is 1.40. The van der Waals surface area contributed by atoms with Crippen molar-refractivity contribution in [2.75, 3.05) is 11.6 Å². The van der Waals surface area contributed by atoms with Gasteiger partial charge in [-0.2, -0.15) is 0 Å². The van der Waals surface area contributed by atoms with Crippen molar-refractivity contribution in [1.82, 2.24) is 10.2 Å². The van der Waals surface area contributed by atoms with Gasteiger partial charge >= 0.3 is 6.01 Å². The molecule has 1 heterocycles. The van der Waals surface area contributed by atoms with Gasteiger partial charge in [-0.3, -0.25) is 20.2 Å². The molecule has 9 heteroatoms. The molecule has 0 aliphatic heterocycles. The molecule has 0 atom stereocenters. The average Bonchev–Trinajstić information content (AvgIpc) is 3.15. The lowest BCUT2D eigenvalue weighted by molar-refractivity contribution is -0.384. The third-order valence-electron chi connectivity index (χ3n) is 3.50. The first-order chi connectivity index (χ1) is 13.0. The van der Waals surface area contributed by atoms with Gasteiger partial charge in [-0.15, -0.1) is 16.9 Å². The number of nitrogens with zero attached hydrogens (tertiary/aromatic N) is 3. The molecule has 0 unspecified atom stereocenters. The van der Waals surface area contributed by atoms with E-state index in [9.17, 15) is 14.9 Å². The zero-order chi connectivity index (χ0) is 19.2. The van der Waals surface area contributed by atoms with E-state index in [1.165, 1.54) is 24.3 Å². The van der Waals surface area contributed by atoms with Gasteiger partial charge in [-0.05, 0) is 48.2 Å². The fourth-order valence-electron chi connectivity index (χ4n) is 2.17.